The molecule has 1 aromatic carbocycles. The molecule has 0 aliphatic carbocycles. The zero-order chi connectivity index (χ0) is 20.4. The van der Waals surface area contributed by atoms with Crippen molar-refractivity contribution < 1.29 is 9.59 Å². The summed E-state index contributed by atoms with van der Waals surface area (Å²) in [4.78, 5) is 40.4. The predicted molar refractivity (Wildman–Crippen MR) is 109 cm³/mol. The Balaban J connectivity index is 1.58. The number of hydrogen-bond donors (Lipinski definition) is 2. The molecule has 28 heavy (non-hydrogen) atoms. The van der Waals surface area contributed by atoms with Gasteiger partial charge in [-0.25, -0.2) is 9.78 Å². The SMILES string of the molecule is Cc1ccc(NC(=O)CCC(=O)Nc2ccc3c(n2)n(C)c(=O)n3C)cc1Cl. The van der Waals surface area contributed by atoms with E-state index in [9.17, 15) is 14.4 Å². The molecule has 0 spiro atoms. The molecular formula is C19H20ClN5O3. The van der Waals surface area contributed by atoms with Crippen molar-refractivity contribution >= 4 is 46.1 Å². The van der Waals surface area contributed by atoms with Crippen molar-refractivity contribution in [2.75, 3.05) is 10.6 Å². The lowest BCUT2D eigenvalue weighted by atomic mass is 10.2. The molecule has 2 aromatic heterocycles. The number of rotatable bonds is 5. The number of imidazole rings is 1. The van der Waals surface area contributed by atoms with Crippen LogP contribution in [0.1, 0.15) is 18.4 Å². The lowest BCUT2D eigenvalue weighted by Gasteiger charge is -2.07. The Bertz CT molecular complexity index is 1130. The number of anilines is 2. The van der Waals surface area contributed by atoms with Crippen LogP contribution in [0.5, 0.6) is 0 Å². The minimum atomic E-state index is -0.343. The minimum absolute atomic E-state index is 0.00113. The highest BCUT2D eigenvalue weighted by Gasteiger charge is 2.12. The average molecular weight is 402 g/mol. The summed E-state index contributed by atoms with van der Waals surface area (Å²) in [7, 11) is 3.27. The van der Waals surface area contributed by atoms with Gasteiger partial charge in [-0.15, -0.1) is 0 Å². The van der Waals surface area contributed by atoms with Crippen LogP contribution in [-0.2, 0) is 23.7 Å². The van der Waals surface area contributed by atoms with Crippen molar-refractivity contribution in [2.24, 2.45) is 14.1 Å². The molecule has 3 rings (SSSR count). The van der Waals surface area contributed by atoms with Crippen LogP contribution in [0.15, 0.2) is 35.1 Å². The van der Waals surface area contributed by atoms with Crippen molar-refractivity contribution in [2.45, 2.75) is 19.8 Å². The van der Waals surface area contributed by atoms with Crippen LogP contribution in [0, 0.1) is 6.92 Å². The van der Waals surface area contributed by atoms with Gasteiger partial charge in [-0.1, -0.05) is 17.7 Å². The predicted octanol–water partition coefficient (Wildman–Crippen LogP) is 2.59. The Morgan fingerprint density at radius 1 is 1.04 bits per heavy atom. The molecule has 9 heteroatoms. The summed E-state index contributed by atoms with van der Waals surface area (Å²) >= 11 is 6.03. The van der Waals surface area contributed by atoms with E-state index in [-0.39, 0.29) is 30.3 Å². The second-order valence-electron chi connectivity index (χ2n) is 6.50. The first-order chi connectivity index (χ1) is 13.3. The Labute approximate surface area is 166 Å². The quantitative estimate of drug-likeness (QED) is 0.686. The van der Waals surface area contributed by atoms with E-state index in [0.29, 0.717) is 27.7 Å². The van der Waals surface area contributed by atoms with Gasteiger partial charge in [0.2, 0.25) is 11.8 Å². The molecule has 146 valence electrons. The zero-order valence-corrected chi connectivity index (χ0v) is 16.5. The van der Waals surface area contributed by atoms with Gasteiger partial charge in [0.05, 0.1) is 5.52 Å². The molecule has 0 aliphatic rings. The number of aromatic nitrogens is 3. The molecule has 0 radical (unpaired) electrons. The molecule has 8 nitrogen and oxygen atoms in total. The second kappa shape index (κ2) is 7.85. The maximum absolute atomic E-state index is 12.1. The van der Waals surface area contributed by atoms with Gasteiger partial charge in [0.25, 0.3) is 0 Å². The largest absolute Gasteiger partial charge is 0.329 e. The van der Waals surface area contributed by atoms with Gasteiger partial charge in [0.1, 0.15) is 5.82 Å². The number of nitrogens with zero attached hydrogens (tertiary/aromatic N) is 3. The molecule has 2 amide bonds. The van der Waals surface area contributed by atoms with E-state index in [0.717, 1.165) is 5.56 Å². The second-order valence-corrected chi connectivity index (χ2v) is 6.91. The Morgan fingerprint density at radius 3 is 2.39 bits per heavy atom. The van der Waals surface area contributed by atoms with Crippen LogP contribution < -0.4 is 16.3 Å². The molecule has 0 aliphatic heterocycles. The van der Waals surface area contributed by atoms with E-state index >= 15 is 0 Å². The van der Waals surface area contributed by atoms with E-state index in [1.807, 2.05) is 13.0 Å². The Hall–Kier alpha value is -3.13. The van der Waals surface area contributed by atoms with E-state index in [2.05, 4.69) is 15.6 Å². The van der Waals surface area contributed by atoms with Gasteiger partial charge in [-0.05, 0) is 36.8 Å². The third-order valence-electron chi connectivity index (χ3n) is 4.41. The third-order valence-corrected chi connectivity index (χ3v) is 4.82. The van der Waals surface area contributed by atoms with E-state index < -0.39 is 0 Å². The van der Waals surface area contributed by atoms with E-state index in [4.69, 9.17) is 11.6 Å². The molecule has 0 unspecified atom stereocenters. The fourth-order valence-corrected chi connectivity index (χ4v) is 2.94. The summed E-state index contributed by atoms with van der Waals surface area (Å²) in [6.07, 6.45) is 0.0161. The fraction of sp³-hybridized carbons (Fsp3) is 0.263. The van der Waals surface area contributed by atoms with Crippen LogP contribution in [0.4, 0.5) is 11.5 Å². The monoisotopic (exact) mass is 401 g/mol. The van der Waals surface area contributed by atoms with Gasteiger partial charge >= 0.3 is 5.69 Å². The Morgan fingerprint density at radius 2 is 1.71 bits per heavy atom. The van der Waals surface area contributed by atoms with Gasteiger partial charge in [0, 0.05) is 37.6 Å². The average Bonchev–Trinajstić information content (AvgIpc) is 2.87. The summed E-state index contributed by atoms with van der Waals surface area (Å²) in [5.41, 5.74) is 2.44. The number of carbonyl (C=O) groups is 2. The Kier molecular flexibility index (Phi) is 5.51. The number of benzene rings is 1. The van der Waals surface area contributed by atoms with Crippen LogP contribution in [0.3, 0.4) is 0 Å². The maximum Gasteiger partial charge on any atom is 0.329 e. The number of aryl methyl sites for hydroxylation is 3. The van der Waals surface area contributed by atoms with E-state index in [1.54, 1.807) is 38.4 Å². The number of fused-ring (bicyclic) bond motifs is 1. The van der Waals surface area contributed by atoms with Crippen LogP contribution in [0.2, 0.25) is 5.02 Å². The number of pyridine rings is 1. The lowest BCUT2D eigenvalue weighted by molar-refractivity contribution is -0.121. The number of amides is 2. The van der Waals surface area contributed by atoms with Gasteiger partial charge < -0.3 is 10.6 Å². The molecule has 0 saturated carbocycles. The fourth-order valence-electron chi connectivity index (χ4n) is 2.76. The van der Waals surface area contributed by atoms with Crippen molar-refractivity contribution in [1.29, 1.82) is 0 Å². The number of halogens is 1. The lowest BCUT2D eigenvalue weighted by Crippen LogP contribution is -2.19. The maximum atomic E-state index is 12.1. The molecule has 3 aromatic rings. The molecule has 2 heterocycles. The minimum Gasteiger partial charge on any atom is -0.326 e. The highest BCUT2D eigenvalue weighted by molar-refractivity contribution is 6.31. The van der Waals surface area contributed by atoms with Gasteiger partial charge in [0.15, 0.2) is 5.65 Å². The van der Waals surface area contributed by atoms with Crippen LogP contribution >= 0.6 is 11.6 Å². The topological polar surface area (TPSA) is 98.0 Å². The van der Waals surface area contributed by atoms with Crippen molar-refractivity contribution in [3.8, 4) is 0 Å². The van der Waals surface area contributed by atoms with Gasteiger partial charge in [-0.2, -0.15) is 0 Å². The first-order valence-electron chi connectivity index (χ1n) is 8.64. The van der Waals surface area contributed by atoms with Crippen molar-refractivity contribution in [1.82, 2.24) is 14.1 Å². The number of hydrogen-bond acceptors (Lipinski definition) is 4. The molecular weight excluding hydrogens is 382 g/mol. The van der Waals surface area contributed by atoms with Crippen LogP contribution in [0.25, 0.3) is 11.2 Å². The smallest absolute Gasteiger partial charge is 0.326 e. The third kappa shape index (κ3) is 4.07. The highest BCUT2D eigenvalue weighted by atomic mass is 35.5. The molecule has 0 saturated heterocycles. The van der Waals surface area contributed by atoms with Crippen molar-refractivity contribution in [3.63, 3.8) is 0 Å². The van der Waals surface area contributed by atoms with Crippen molar-refractivity contribution in [3.05, 3.63) is 51.4 Å². The normalized spacial score (nSPS) is 10.9. The summed E-state index contributed by atoms with van der Waals surface area (Å²) in [5.74, 6) is -0.307. The molecule has 0 atom stereocenters. The molecule has 0 fully saturated rings. The number of nitrogens with one attached hydrogen (secondary N) is 2. The summed E-state index contributed by atoms with van der Waals surface area (Å²) < 4.78 is 2.89. The zero-order valence-electron chi connectivity index (χ0n) is 15.7. The standard InChI is InChI=1S/C19H20ClN5O3/c1-11-4-5-12(10-13(11)20)21-16(26)8-9-17(27)22-15-7-6-14-18(23-15)25(3)19(28)24(14)2/h4-7,10H,8-9H2,1-3H3,(H,21,26)(H,22,23,27). The summed E-state index contributed by atoms with van der Waals surface area (Å²) in [6.45, 7) is 1.87. The first kappa shape index (κ1) is 19.6. The number of carbonyl (C=O) groups excluding carboxylic acids is 2. The first-order valence-corrected chi connectivity index (χ1v) is 9.02. The van der Waals surface area contributed by atoms with Crippen LogP contribution in [-0.4, -0.2) is 25.9 Å². The molecule has 2 N–H and O–H groups in total. The van der Waals surface area contributed by atoms with E-state index in [1.165, 1.54) is 9.13 Å². The summed E-state index contributed by atoms with van der Waals surface area (Å²) in [6, 6.07) is 8.56. The summed E-state index contributed by atoms with van der Waals surface area (Å²) in [5, 5.41) is 5.92. The highest BCUT2D eigenvalue weighted by Crippen LogP contribution is 2.20. The van der Waals surface area contributed by atoms with Gasteiger partial charge in [-0.3, -0.25) is 18.7 Å². The molecule has 0 bridgehead atoms.